The van der Waals surface area contributed by atoms with Crippen LogP contribution in [0.2, 0.25) is 0 Å². The Morgan fingerprint density at radius 1 is 0.577 bits per heavy atom. The van der Waals surface area contributed by atoms with E-state index in [2.05, 4.69) is 102 Å². The van der Waals surface area contributed by atoms with Crippen LogP contribution in [0.25, 0.3) is 0 Å². The van der Waals surface area contributed by atoms with E-state index in [0.717, 1.165) is 0 Å². The number of rotatable bonds is 5. The summed E-state index contributed by atoms with van der Waals surface area (Å²) in [6.07, 6.45) is 0. The van der Waals surface area contributed by atoms with Gasteiger partial charge in [-0.25, -0.2) is 0 Å². The lowest BCUT2D eigenvalue weighted by atomic mass is 10.3. The van der Waals surface area contributed by atoms with Gasteiger partial charge in [0.25, 0.3) is 0 Å². The molecule has 0 saturated carbocycles. The summed E-state index contributed by atoms with van der Waals surface area (Å²) in [5, 5.41) is -1.07. The van der Waals surface area contributed by atoms with E-state index >= 15 is 0 Å². The average molecular weight is 459 g/mol. The zero-order valence-electron chi connectivity index (χ0n) is 16.3. The van der Waals surface area contributed by atoms with Crippen LogP contribution < -0.4 is 10.6 Å². The van der Waals surface area contributed by atoms with Crippen LogP contribution in [0.1, 0.15) is 41.5 Å². The number of benzene rings is 2. The Balaban J connectivity index is 2.47. The minimum absolute atomic E-state index is 0.0378. The van der Waals surface area contributed by atoms with Crippen LogP contribution in [-0.4, -0.2) is 10.3 Å². The number of hydrogen-bond donors (Lipinski definition) is 0. The molecule has 2 aromatic carbocycles. The summed E-state index contributed by atoms with van der Waals surface area (Å²) in [5.74, 6) is 0. The second kappa shape index (κ2) is 8.44. The summed E-state index contributed by atoms with van der Waals surface area (Å²) < 4.78 is 0. The molecule has 6 heteroatoms. The maximum absolute atomic E-state index is 6.37. The van der Waals surface area contributed by atoms with Crippen LogP contribution in [0.5, 0.6) is 0 Å². The SMILES string of the molecule is CC(C)(C)P(=S)(SSP(=S)(c1ccccc1)C(C)(C)C)c1ccccc1. The van der Waals surface area contributed by atoms with Crippen LogP contribution in [0.15, 0.2) is 60.7 Å². The van der Waals surface area contributed by atoms with Gasteiger partial charge in [-0.3, -0.25) is 0 Å². The van der Waals surface area contributed by atoms with Crippen LogP contribution in [0.4, 0.5) is 0 Å². The first-order chi connectivity index (χ1) is 11.9. The molecule has 0 bridgehead atoms. The average Bonchev–Trinajstić information content (AvgIpc) is 2.59. The molecule has 26 heavy (non-hydrogen) atoms. The van der Waals surface area contributed by atoms with Crippen molar-refractivity contribution in [1.82, 2.24) is 0 Å². The van der Waals surface area contributed by atoms with Crippen molar-refractivity contribution >= 4 is 65.5 Å². The van der Waals surface area contributed by atoms with Crippen molar-refractivity contribution in [2.75, 3.05) is 0 Å². The van der Waals surface area contributed by atoms with E-state index in [1.807, 2.05) is 20.8 Å². The van der Waals surface area contributed by atoms with Crippen molar-refractivity contribution in [2.24, 2.45) is 0 Å². The molecule has 0 aliphatic carbocycles. The molecule has 2 atom stereocenters. The molecule has 0 heterocycles. The summed E-state index contributed by atoms with van der Waals surface area (Å²) in [5.41, 5.74) is 0. The molecular weight excluding hydrogens is 430 g/mol. The molecule has 0 saturated heterocycles. The Morgan fingerprint density at radius 3 is 1.08 bits per heavy atom. The highest BCUT2D eigenvalue weighted by Gasteiger charge is 2.40. The van der Waals surface area contributed by atoms with Crippen LogP contribution >= 0.6 is 31.3 Å². The molecule has 2 aromatic rings. The summed E-state index contributed by atoms with van der Waals surface area (Å²) in [6.45, 7) is 13.7. The van der Waals surface area contributed by atoms with Gasteiger partial charge in [-0.1, -0.05) is 126 Å². The van der Waals surface area contributed by atoms with Gasteiger partial charge in [-0.05, 0) is 31.4 Å². The highest BCUT2D eigenvalue weighted by Crippen LogP contribution is 2.81. The third-order valence-corrected chi connectivity index (χ3v) is 30.2. The minimum Gasteiger partial charge on any atom is -0.0796 e. The quantitative estimate of drug-likeness (QED) is 0.338. The Kier molecular flexibility index (Phi) is 7.37. The summed E-state index contributed by atoms with van der Waals surface area (Å²) >= 11 is 12.7. The first kappa shape index (κ1) is 22.7. The molecule has 0 aliphatic heterocycles. The molecule has 0 nitrogen and oxygen atoms in total. The van der Waals surface area contributed by atoms with Crippen molar-refractivity contribution in [3.63, 3.8) is 0 Å². The first-order valence-electron chi connectivity index (χ1n) is 8.61. The van der Waals surface area contributed by atoms with Gasteiger partial charge < -0.3 is 0 Å². The van der Waals surface area contributed by atoms with Crippen LogP contribution in [0, 0.1) is 0 Å². The van der Waals surface area contributed by atoms with Gasteiger partial charge in [0, 0.05) is 10.3 Å². The predicted octanol–water partition coefficient (Wildman–Crippen LogP) is 7.40. The second-order valence-corrected chi connectivity index (χ2v) is 26.0. The van der Waals surface area contributed by atoms with E-state index in [1.54, 1.807) is 0 Å². The minimum atomic E-state index is -1.87. The molecule has 2 unspecified atom stereocenters. The molecule has 0 amide bonds. The maximum Gasteiger partial charge on any atom is 0.0502 e. The zero-order chi connectivity index (χ0) is 19.6. The summed E-state index contributed by atoms with van der Waals surface area (Å²) in [4.78, 5) is 0. The van der Waals surface area contributed by atoms with E-state index in [0.29, 0.717) is 0 Å². The lowest BCUT2D eigenvalue weighted by Gasteiger charge is -2.39. The lowest BCUT2D eigenvalue weighted by molar-refractivity contribution is 0.795. The van der Waals surface area contributed by atoms with E-state index in [-0.39, 0.29) is 10.3 Å². The van der Waals surface area contributed by atoms with Gasteiger partial charge in [-0.2, -0.15) is 0 Å². The molecule has 2 rings (SSSR count). The van der Waals surface area contributed by atoms with E-state index in [1.165, 1.54) is 10.6 Å². The molecule has 0 radical (unpaired) electrons. The van der Waals surface area contributed by atoms with Crippen molar-refractivity contribution < 1.29 is 0 Å². The Bertz CT molecular complexity index is 747. The monoisotopic (exact) mass is 458 g/mol. The van der Waals surface area contributed by atoms with Crippen molar-refractivity contribution in [1.29, 1.82) is 0 Å². The third-order valence-electron chi connectivity index (χ3n) is 4.20. The van der Waals surface area contributed by atoms with Crippen LogP contribution in [0.3, 0.4) is 0 Å². The Hall–Kier alpha value is 0.440. The highest BCUT2D eigenvalue weighted by atomic mass is 33.5. The normalized spacial score (nSPS) is 17.3. The Labute approximate surface area is 177 Å². The fraction of sp³-hybridized carbons (Fsp3) is 0.400. The predicted molar refractivity (Wildman–Crippen MR) is 135 cm³/mol. The standard InChI is InChI=1S/C20H28P2S4/c1-19(2,3)21(23,17-13-9-7-10-14-17)25-26-22(24,20(4,5)6)18-15-11-8-12-16-18/h7-16H,1-6H3. The third kappa shape index (κ3) is 4.70. The van der Waals surface area contributed by atoms with Crippen molar-refractivity contribution in [3.8, 4) is 0 Å². The smallest absolute Gasteiger partial charge is 0.0502 e. The van der Waals surface area contributed by atoms with Gasteiger partial charge >= 0.3 is 0 Å². The number of hydrogen-bond acceptors (Lipinski definition) is 4. The fourth-order valence-corrected chi connectivity index (χ4v) is 26.5. The topological polar surface area (TPSA) is 0 Å². The van der Waals surface area contributed by atoms with Gasteiger partial charge in [0.05, 0.1) is 10.5 Å². The molecule has 0 aromatic heterocycles. The zero-order valence-corrected chi connectivity index (χ0v) is 21.4. The van der Waals surface area contributed by atoms with E-state index < -0.39 is 10.5 Å². The van der Waals surface area contributed by atoms with Gasteiger partial charge in [0.2, 0.25) is 0 Å². The van der Waals surface area contributed by atoms with Gasteiger partial charge in [-0.15, -0.1) is 0 Å². The summed E-state index contributed by atoms with van der Waals surface area (Å²) in [6, 6.07) is 21.3. The molecule has 142 valence electrons. The molecule has 0 spiro atoms. The van der Waals surface area contributed by atoms with Crippen molar-refractivity contribution in [3.05, 3.63) is 60.7 Å². The molecule has 0 aliphatic rings. The molecular formula is C20H28P2S4. The highest BCUT2D eigenvalue weighted by molar-refractivity contribution is 9.20. The van der Waals surface area contributed by atoms with Crippen LogP contribution in [-0.2, 0) is 23.6 Å². The van der Waals surface area contributed by atoms with E-state index in [4.69, 9.17) is 23.6 Å². The van der Waals surface area contributed by atoms with E-state index in [9.17, 15) is 0 Å². The van der Waals surface area contributed by atoms with Gasteiger partial charge in [0.15, 0.2) is 0 Å². The van der Waals surface area contributed by atoms with Crippen molar-refractivity contribution in [2.45, 2.75) is 51.9 Å². The molecule has 0 N–H and O–H groups in total. The lowest BCUT2D eigenvalue weighted by Crippen LogP contribution is -2.22. The second-order valence-electron chi connectivity index (χ2n) is 8.26. The maximum atomic E-state index is 6.37. The first-order valence-corrected chi connectivity index (χ1v) is 17.6. The molecule has 0 fully saturated rings. The Morgan fingerprint density at radius 2 is 0.846 bits per heavy atom. The van der Waals surface area contributed by atoms with Gasteiger partial charge in [0.1, 0.15) is 0 Å². The largest absolute Gasteiger partial charge is 0.0796 e. The summed E-state index contributed by atoms with van der Waals surface area (Å²) in [7, 11) is 3.80. The fourth-order valence-electron chi connectivity index (χ4n) is 2.43.